The van der Waals surface area contributed by atoms with Crippen molar-refractivity contribution in [2.75, 3.05) is 12.3 Å². The first kappa shape index (κ1) is 17.9. The molecule has 3 rings (SSSR count). The molecule has 0 fully saturated rings. The van der Waals surface area contributed by atoms with E-state index in [2.05, 4.69) is 15.6 Å². The lowest BCUT2D eigenvalue weighted by atomic mass is 9.97. The van der Waals surface area contributed by atoms with Crippen LogP contribution in [0, 0.1) is 0 Å². The average molecular weight is 380 g/mol. The van der Waals surface area contributed by atoms with Gasteiger partial charge in [0.1, 0.15) is 4.83 Å². The molecule has 0 saturated heterocycles. The Kier molecular flexibility index (Phi) is 5.43. The molecule has 134 valence electrons. The number of aryl methyl sites for hydroxylation is 2. The highest BCUT2D eigenvalue weighted by Crippen LogP contribution is 2.34. The maximum absolute atomic E-state index is 12.7. The van der Waals surface area contributed by atoms with Crippen molar-refractivity contribution in [3.63, 3.8) is 0 Å². The monoisotopic (exact) mass is 380 g/mol. The number of urea groups is 1. The molecular weight excluding hydrogens is 360 g/mol. The van der Waals surface area contributed by atoms with E-state index in [1.807, 2.05) is 0 Å². The van der Waals surface area contributed by atoms with Gasteiger partial charge in [0.2, 0.25) is 5.91 Å². The molecule has 1 aliphatic rings. The van der Waals surface area contributed by atoms with Gasteiger partial charge in [-0.25, -0.2) is 9.78 Å². The van der Waals surface area contributed by atoms with Crippen molar-refractivity contribution in [3.8, 4) is 0 Å². The van der Waals surface area contributed by atoms with Crippen molar-refractivity contribution >= 4 is 45.3 Å². The van der Waals surface area contributed by atoms with Crippen molar-refractivity contribution in [2.24, 2.45) is 7.05 Å². The third-order valence-electron chi connectivity index (χ3n) is 4.08. The average Bonchev–Trinajstić information content (AvgIpc) is 2.95. The normalized spacial score (nSPS) is 13.5. The van der Waals surface area contributed by atoms with Gasteiger partial charge in [-0.3, -0.25) is 19.5 Å². The molecule has 9 heteroatoms. The van der Waals surface area contributed by atoms with Crippen LogP contribution in [-0.2, 0) is 24.7 Å². The first-order chi connectivity index (χ1) is 12.0. The minimum Gasteiger partial charge on any atom is -0.338 e. The van der Waals surface area contributed by atoms with Crippen LogP contribution in [0.25, 0.3) is 10.2 Å². The summed E-state index contributed by atoms with van der Waals surface area (Å²) in [6, 6.07) is -0.517. The van der Waals surface area contributed by atoms with Crippen LogP contribution in [0.2, 0.25) is 0 Å². The van der Waals surface area contributed by atoms with E-state index in [4.69, 9.17) is 0 Å². The number of rotatable bonds is 4. The van der Waals surface area contributed by atoms with Crippen LogP contribution >= 0.6 is 23.1 Å². The summed E-state index contributed by atoms with van der Waals surface area (Å²) < 4.78 is 1.49. The van der Waals surface area contributed by atoms with E-state index in [-0.39, 0.29) is 11.3 Å². The van der Waals surface area contributed by atoms with Crippen LogP contribution in [0.4, 0.5) is 4.79 Å². The van der Waals surface area contributed by atoms with Gasteiger partial charge in [-0.2, -0.15) is 0 Å². The SMILES string of the molecule is CCNC(=O)NC(=O)CSc1nc2sc3c(c2c(=O)n1C)CCCC3. The minimum absolute atomic E-state index is 0.0218. The quantitative estimate of drug-likeness (QED) is 0.623. The maximum Gasteiger partial charge on any atom is 0.321 e. The third kappa shape index (κ3) is 3.72. The lowest BCUT2D eigenvalue weighted by molar-refractivity contribution is -0.117. The second kappa shape index (κ2) is 7.57. The Balaban J connectivity index is 1.81. The number of hydrogen-bond donors (Lipinski definition) is 2. The number of carbonyl (C=O) groups excluding carboxylic acids is 2. The number of hydrogen-bond acceptors (Lipinski definition) is 6. The molecule has 2 N–H and O–H groups in total. The minimum atomic E-state index is -0.517. The number of fused-ring (bicyclic) bond motifs is 3. The lowest BCUT2D eigenvalue weighted by Gasteiger charge is -2.10. The molecule has 2 heterocycles. The molecule has 3 amide bonds. The van der Waals surface area contributed by atoms with Gasteiger partial charge in [-0.15, -0.1) is 11.3 Å². The lowest BCUT2D eigenvalue weighted by Crippen LogP contribution is -2.40. The summed E-state index contributed by atoms with van der Waals surface area (Å²) >= 11 is 2.74. The molecule has 0 unspecified atom stereocenters. The molecule has 0 bridgehead atoms. The van der Waals surface area contributed by atoms with E-state index in [0.29, 0.717) is 11.7 Å². The van der Waals surface area contributed by atoms with Crippen molar-refractivity contribution in [3.05, 3.63) is 20.8 Å². The first-order valence-corrected chi connectivity index (χ1v) is 10.0. The number of thiophene rings is 1. The van der Waals surface area contributed by atoms with Crippen LogP contribution in [0.3, 0.4) is 0 Å². The van der Waals surface area contributed by atoms with Crippen LogP contribution in [0.5, 0.6) is 0 Å². The highest BCUT2D eigenvalue weighted by atomic mass is 32.2. The van der Waals surface area contributed by atoms with Gasteiger partial charge in [0.05, 0.1) is 11.1 Å². The zero-order valence-corrected chi connectivity index (χ0v) is 15.8. The Morgan fingerprint density at radius 3 is 2.84 bits per heavy atom. The summed E-state index contributed by atoms with van der Waals surface area (Å²) in [4.78, 5) is 42.5. The first-order valence-electron chi connectivity index (χ1n) is 8.23. The van der Waals surface area contributed by atoms with E-state index in [1.165, 1.54) is 9.44 Å². The zero-order chi connectivity index (χ0) is 18.0. The molecule has 25 heavy (non-hydrogen) atoms. The number of thioether (sulfide) groups is 1. The fourth-order valence-electron chi connectivity index (χ4n) is 2.89. The molecular formula is C16H20N4O3S2. The molecule has 1 aliphatic carbocycles. The number of aromatic nitrogens is 2. The van der Waals surface area contributed by atoms with Crippen LogP contribution < -0.4 is 16.2 Å². The Bertz CT molecular complexity index is 888. The molecule has 0 saturated carbocycles. The van der Waals surface area contributed by atoms with Crippen LogP contribution in [0.15, 0.2) is 9.95 Å². The second-order valence-corrected chi connectivity index (χ2v) is 7.87. The van der Waals surface area contributed by atoms with Crippen molar-refractivity contribution in [1.82, 2.24) is 20.2 Å². The van der Waals surface area contributed by atoms with Gasteiger partial charge < -0.3 is 5.32 Å². The van der Waals surface area contributed by atoms with Crippen molar-refractivity contribution in [2.45, 2.75) is 37.8 Å². The van der Waals surface area contributed by atoms with Gasteiger partial charge >= 0.3 is 6.03 Å². The third-order valence-corrected chi connectivity index (χ3v) is 6.29. The van der Waals surface area contributed by atoms with Crippen LogP contribution in [0.1, 0.15) is 30.2 Å². The van der Waals surface area contributed by atoms with E-state index in [1.54, 1.807) is 25.3 Å². The Morgan fingerprint density at radius 2 is 2.08 bits per heavy atom. The van der Waals surface area contributed by atoms with E-state index >= 15 is 0 Å². The predicted octanol–water partition coefficient (Wildman–Crippen LogP) is 1.81. The van der Waals surface area contributed by atoms with E-state index < -0.39 is 11.9 Å². The molecule has 0 radical (unpaired) electrons. The number of nitrogens with zero attached hydrogens (tertiary/aromatic N) is 2. The van der Waals surface area contributed by atoms with E-state index in [0.717, 1.165) is 53.2 Å². The molecule has 0 atom stereocenters. The maximum atomic E-state index is 12.7. The molecule has 0 aliphatic heterocycles. The predicted molar refractivity (Wildman–Crippen MR) is 99.4 cm³/mol. The number of nitrogens with one attached hydrogen (secondary N) is 2. The van der Waals surface area contributed by atoms with Gasteiger partial charge in [0.25, 0.3) is 5.56 Å². The number of imide groups is 1. The molecule has 2 aromatic heterocycles. The summed E-state index contributed by atoms with van der Waals surface area (Å²) in [5, 5.41) is 5.96. The summed E-state index contributed by atoms with van der Waals surface area (Å²) in [6.45, 7) is 2.22. The summed E-state index contributed by atoms with van der Waals surface area (Å²) in [7, 11) is 1.67. The fraction of sp³-hybridized carbons (Fsp3) is 0.500. The van der Waals surface area contributed by atoms with Crippen LogP contribution in [-0.4, -0.2) is 33.8 Å². The molecule has 0 aromatic carbocycles. The second-order valence-electron chi connectivity index (χ2n) is 5.85. The molecule has 2 aromatic rings. The van der Waals surface area contributed by atoms with Crippen molar-refractivity contribution in [1.29, 1.82) is 0 Å². The zero-order valence-electron chi connectivity index (χ0n) is 14.2. The number of carbonyl (C=O) groups is 2. The summed E-state index contributed by atoms with van der Waals surface area (Å²) in [5.41, 5.74) is 1.10. The smallest absolute Gasteiger partial charge is 0.321 e. The Labute approximate surface area is 153 Å². The number of amides is 3. The topological polar surface area (TPSA) is 93.1 Å². The summed E-state index contributed by atoms with van der Waals surface area (Å²) in [6.07, 6.45) is 4.21. The highest BCUT2D eigenvalue weighted by molar-refractivity contribution is 7.99. The van der Waals surface area contributed by atoms with Gasteiger partial charge in [0, 0.05) is 18.5 Å². The molecule has 0 spiro atoms. The van der Waals surface area contributed by atoms with Gasteiger partial charge in [0.15, 0.2) is 5.16 Å². The highest BCUT2D eigenvalue weighted by Gasteiger charge is 2.21. The van der Waals surface area contributed by atoms with E-state index in [9.17, 15) is 14.4 Å². The largest absolute Gasteiger partial charge is 0.338 e. The fourth-order valence-corrected chi connectivity index (χ4v) is 4.97. The molecule has 7 nitrogen and oxygen atoms in total. The van der Waals surface area contributed by atoms with Gasteiger partial charge in [-0.1, -0.05) is 11.8 Å². The van der Waals surface area contributed by atoms with Crippen molar-refractivity contribution < 1.29 is 9.59 Å². The summed E-state index contributed by atoms with van der Waals surface area (Å²) in [5.74, 6) is -0.399. The van der Waals surface area contributed by atoms with Gasteiger partial charge in [-0.05, 0) is 38.2 Å². The Morgan fingerprint density at radius 1 is 1.32 bits per heavy atom. The Hall–Kier alpha value is -1.87. The standard InChI is InChI=1S/C16H20N4O3S2/c1-3-17-15(23)18-11(21)8-24-16-19-13-12(14(22)20(16)2)9-6-4-5-7-10(9)25-13/h3-8H2,1-2H3,(H2,17,18,21,23).